The van der Waals surface area contributed by atoms with Crippen LogP contribution in [-0.4, -0.2) is 47.3 Å². The molecule has 0 unspecified atom stereocenters. The number of nitrogens with one attached hydrogen (secondary N) is 1. The van der Waals surface area contributed by atoms with Crippen LogP contribution in [0, 0.1) is 6.92 Å². The molecule has 4 rings (SSSR count). The molecule has 0 aliphatic carbocycles. The van der Waals surface area contributed by atoms with Gasteiger partial charge in [0, 0.05) is 37.4 Å². The van der Waals surface area contributed by atoms with Gasteiger partial charge in [0.1, 0.15) is 0 Å². The summed E-state index contributed by atoms with van der Waals surface area (Å²) in [5.41, 5.74) is 5.25. The van der Waals surface area contributed by atoms with Gasteiger partial charge in [0.2, 0.25) is 0 Å². The van der Waals surface area contributed by atoms with Crippen molar-refractivity contribution in [2.24, 2.45) is 0 Å². The molecule has 160 valence electrons. The van der Waals surface area contributed by atoms with Gasteiger partial charge < -0.3 is 15.1 Å². The van der Waals surface area contributed by atoms with E-state index >= 15 is 0 Å². The van der Waals surface area contributed by atoms with Crippen LogP contribution in [0.4, 0.5) is 16.3 Å². The Hall–Kier alpha value is -3.41. The number of carbonyl (C=O) groups excluding carboxylic acids is 1. The van der Waals surface area contributed by atoms with Gasteiger partial charge in [-0.15, -0.1) is 10.2 Å². The molecule has 6 heteroatoms. The van der Waals surface area contributed by atoms with E-state index in [0.717, 1.165) is 35.9 Å². The Morgan fingerprint density at radius 3 is 2.13 bits per heavy atom. The lowest BCUT2D eigenvalue weighted by atomic mass is 10.0. The summed E-state index contributed by atoms with van der Waals surface area (Å²) in [7, 11) is 0. The van der Waals surface area contributed by atoms with Crippen LogP contribution in [0.1, 0.15) is 30.9 Å². The molecule has 1 aliphatic heterocycles. The molecule has 1 aromatic heterocycles. The minimum Gasteiger partial charge on any atom is -0.352 e. The van der Waals surface area contributed by atoms with Gasteiger partial charge in [0.25, 0.3) is 0 Å². The highest BCUT2D eigenvalue weighted by molar-refractivity contribution is 5.89. The Morgan fingerprint density at radius 2 is 1.55 bits per heavy atom. The molecular weight excluding hydrogens is 386 g/mol. The fourth-order valence-electron chi connectivity index (χ4n) is 3.66. The lowest BCUT2D eigenvalue weighted by molar-refractivity contribution is 0.208. The zero-order valence-corrected chi connectivity index (χ0v) is 18.4. The molecule has 1 N–H and O–H groups in total. The Morgan fingerprint density at radius 1 is 0.871 bits per heavy atom. The largest absolute Gasteiger partial charge is 0.352 e. The molecule has 1 fully saturated rings. The van der Waals surface area contributed by atoms with Crippen LogP contribution in [0.25, 0.3) is 11.3 Å². The van der Waals surface area contributed by atoms with Crippen molar-refractivity contribution in [2.75, 3.05) is 36.4 Å². The number of aromatic nitrogens is 2. The summed E-state index contributed by atoms with van der Waals surface area (Å²) in [5.74, 6) is 1.33. The third kappa shape index (κ3) is 5.02. The van der Waals surface area contributed by atoms with Crippen molar-refractivity contribution < 1.29 is 4.79 Å². The van der Waals surface area contributed by atoms with Gasteiger partial charge in [0.15, 0.2) is 5.82 Å². The fraction of sp³-hybridized carbons (Fsp3) is 0.320. The average molecular weight is 416 g/mol. The number of urea groups is 1. The lowest BCUT2D eigenvalue weighted by Gasteiger charge is -2.35. The van der Waals surface area contributed by atoms with Crippen LogP contribution in [0.2, 0.25) is 0 Å². The zero-order valence-electron chi connectivity index (χ0n) is 18.4. The molecule has 0 bridgehead atoms. The third-order valence-electron chi connectivity index (χ3n) is 5.72. The van der Waals surface area contributed by atoms with Crippen molar-refractivity contribution in [3.8, 4) is 11.3 Å². The normalized spacial score (nSPS) is 14.1. The van der Waals surface area contributed by atoms with E-state index in [1.807, 2.05) is 29.2 Å². The zero-order chi connectivity index (χ0) is 21.8. The van der Waals surface area contributed by atoms with E-state index < -0.39 is 0 Å². The van der Waals surface area contributed by atoms with Gasteiger partial charge in [-0.25, -0.2) is 4.79 Å². The quantitative estimate of drug-likeness (QED) is 0.656. The molecule has 1 saturated heterocycles. The Balaban J connectivity index is 1.31. The second kappa shape index (κ2) is 9.16. The molecular formula is C25H29N5O. The van der Waals surface area contributed by atoms with Crippen LogP contribution >= 0.6 is 0 Å². The molecule has 2 aromatic carbocycles. The van der Waals surface area contributed by atoms with Gasteiger partial charge in [-0.2, -0.15) is 0 Å². The first kappa shape index (κ1) is 20.8. The van der Waals surface area contributed by atoms with Crippen LogP contribution in [0.15, 0.2) is 60.7 Å². The van der Waals surface area contributed by atoms with Crippen LogP contribution < -0.4 is 10.2 Å². The van der Waals surface area contributed by atoms with E-state index in [-0.39, 0.29) is 6.03 Å². The van der Waals surface area contributed by atoms with E-state index in [9.17, 15) is 4.79 Å². The average Bonchev–Trinajstić information content (AvgIpc) is 2.80. The Kier molecular flexibility index (Phi) is 6.16. The third-order valence-corrected chi connectivity index (χ3v) is 5.72. The molecule has 2 amide bonds. The van der Waals surface area contributed by atoms with Gasteiger partial charge in [-0.3, -0.25) is 0 Å². The number of hydrogen-bond donors (Lipinski definition) is 1. The van der Waals surface area contributed by atoms with Crippen molar-refractivity contribution in [3.63, 3.8) is 0 Å². The monoisotopic (exact) mass is 415 g/mol. The maximum atomic E-state index is 12.6. The molecule has 0 saturated carbocycles. The number of aryl methyl sites for hydroxylation is 1. The summed E-state index contributed by atoms with van der Waals surface area (Å²) in [6.45, 7) is 9.16. The van der Waals surface area contributed by atoms with Crippen molar-refractivity contribution in [1.29, 1.82) is 0 Å². The highest BCUT2D eigenvalue weighted by Gasteiger charge is 2.22. The van der Waals surface area contributed by atoms with Crippen molar-refractivity contribution >= 4 is 17.5 Å². The summed E-state index contributed by atoms with van der Waals surface area (Å²) in [6.07, 6.45) is 0. The number of amides is 2. The second-order valence-electron chi connectivity index (χ2n) is 8.32. The first-order chi connectivity index (χ1) is 15.0. The van der Waals surface area contributed by atoms with Gasteiger partial charge in [-0.1, -0.05) is 55.8 Å². The summed E-state index contributed by atoms with van der Waals surface area (Å²) in [5, 5.41) is 11.8. The number of anilines is 2. The highest BCUT2D eigenvalue weighted by atomic mass is 16.2. The number of benzene rings is 2. The van der Waals surface area contributed by atoms with Gasteiger partial charge in [0.05, 0.1) is 5.69 Å². The smallest absolute Gasteiger partial charge is 0.321 e. The summed E-state index contributed by atoms with van der Waals surface area (Å²) in [4.78, 5) is 16.6. The summed E-state index contributed by atoms with van der Waals surface area (Å²) < 4.78 is 0. The van der Waals surface area contributed by atoms with Crippen LogP contribution in [0.3, 0.4) is 0 Å². The number of rotatable bonds is 4. The van der Waals surface area contributed by atoms with Gasteiger partial charge >= 0.3 is 6.03 Å². The number of piperazine rings is 1. The molecule has 2 heterocycles. The molecule has 1 aliphatic rings. The topological polar surface area (TPSA) is 61.4 Å². The number of nitrogens with zero attached hydrogens (tertiary/aromatic N) is 4. The lowest BCUT2D eigenvalue weighted by Crippen LogP contribution is -2.50. The predicted octanol–water partition coefficient (Wildman–Crippen LogP) is 4.93. The number of hydrogen-bond acceptors (Lipinski definition) is 4. The summed E-state index contributed by atoms with van der Waals surface area (Å²) >= 11 is 0. The van der Waals surface area contributed by atoms with Crippen molar-refractivity contribution in [3.05, 3.63) is 71.8 Å². The maximum Gasteiger partial charge on any atom is 0.321 e. The van der Waals surface area contributed by atoms with Crippen LogP contribution in [0.5, 0.6) is 0 Å². The van der Waals surface area contributed by atoms with E-state index in [0.29, 0.717) is 19.0 Å². The van der Waals surface area contributed by atoms with E-state index in [2.05, 4.69) is 77.6 Å². The number of carbonyl (C=O) groups is 1. The first-order valence-corrected chi connectivity index (χ1v) is 10.8. The standard InChI is InChI=1S/C25H29N5O/c1-18(2)20-8-10-22(11-9-20)26-25(31)30-16-14-29(15-17-30)24-13-12-23(27-28-24)21-6-4-19(3)5-7-21/h4-13,18H,14-17H2,1-3H3,(H,26,31). The SMILES string of the molecule is Cc1ccc(-c2ccc(N3CCN(C(=O)Nc4ccc(C(C)C)cc4)CC3)nn2)cc1. The first-order valence-electron chi connectivity index (χ1n) is 10.8. The van der Waals surface area contributed by atoms with E-state index in [4.69, 9.17) is 0 Å². The molecule has 0 atom stereocenters. The molecule has 0 radical (unpaired) electrons. The molecule has 0 spiro atoms. The van der Waals surface area contributed by atoms with Crippen molar-refractivity contribution in [1.82, 2.24) is 15.1 Å². The van der Waals surface area contributed by atoms with Gasteiger partial charge in [-0.05, 0) is 42.7 Å². The van der Waals surface area contributed by atoms with E-state index in [1.165, 1.54) is 11.1 Å². The molecule has 6 nitrogen and oxygen atoms in total. The Bertz CT molecular complexity index is 1010. The van der Waals surface area contributed by atoms with Crippen LogP contribution in [-0.2, 0) is 0 Å². The Labute approximate surface area is 183 Å². The highest BCUT2D eigenvalue weighted by Crippen LogP contribution is 2.21. The predicted molar refractivity (Wildman–Crippen MR) is 126 cm³/mol. The minimum absolute atomic E-state index is 0.0576. The molecule has 31 heavy (non-hydrogen) atoms. The van der Waals surface area contributed by atoms with E-state index in [1.54, 1.807) is 0 Å². The second-order valence-corrected chi connectivity index (χ2v) is 8.32. The maximum absolute atomic E-state index is 12.6. The summed E-state index contributed by atoms with van der Waals surface area (Å²) in [6, 6.07) is 20.3. The minimum atomic E-state index is -0.0576. The molecule has 3 aromatic rings. The van der Waals surface area contributed by atoms with Crippen molar-refractivity contribution in [2.45, 2.75) is 26.7 Å². The fourth-order valence-corrected chi connectivity index (χ4v) is 3.66.